The lowest BCUT2D eigenvalue weighted by Crippen LogP contribution is -2.24. The summed E-state index contributed by atoms with van der Waals surface area (Å²) in [6.07, 6.45) is 0.978. The average Bonchev–Trinajstić information content (AvgIpc) is 2.51. The van der Waals surface area contributed by atoms with E-state index in [0.29, 0.717) is 0 Å². The number of nitrogens with one attached hydrogen (secondary N) is 1. The van der Waals surface area contributed by atoms with E-state index in [1.807, 2.05) is 30.3 Å². The third-order valence-electron chi connectivity index (χ3n) is 2.48. The van der Waals surface area contributed by atoms with Crippen LogP contribution in [0.15, 0.2) is 42.2 Å². The van der Waals surface area contributed by atoms with Crippen LogP contribution in [0.1, 0.15) is 19.4 Å². The number of ether oxygens (including phenoxy) is 1. The fourth-order valence-electron chi connectivity index (χ4n) is 1.58. The number of alkyl carbamates (subject to hydrolysis) is 1. The Hall–Kier alpha value is -1.62. The Morgan fingerprint density at radius 1 is 1.18 bits per heavy atom. The van der Waals surface area contributed by atoms with Crippen molar-refractivity contribution >= 4 is 13.7 Å². The van der Waals surface area contributed by atoms with Crippen LogP contribution in [-0.2, 0) is 25.0 Å². The van der Waals surface area contributed by atoms with Crippen molar-refractivity contribution in [2.75, 3.05) is 19.8 Å². The first kappa shape index (κ1) is 18.4. The van der Waals surface area contributed by atoms with Crippen LogP contribution in [0, 0.1) is 0 Å². The molecule has 0 aliphatic heterocycles. The molecule has 0 aliphatic rings. The van der Waals surface area contributed by atoms with Crippen molar-refractivity contribution in [1.29, 1.82) is 0 Å². The molecule has 0 unspecified atom stereocenters. The van der Waals surface area contributed by atoms with E-state index in [4.69, 9.17) is 13.8 Å². The number of carbonyl (C=O) groups excluding carboxylic acids is 1. The minimum Gasteiger partial charge on any atom is -0.445 e. The lowest BCUT2D eigenvalue weighted by Gasteiger charge is -2.12. The predicted octanol–water partition coefficient (Wildman–Crippen LogP) is 3.69. The third kappa shape index (κ3) is 7.41. The number of hydrogen-bond acceptors (Lipinski definition) is 5. The van der Waals surface area contributed by atoms with E-state index < -0.39 is 13.7 Å². The first-order valence-corrected chi connectivity index (χ1v) is 8.72. The SMILES string of the molecule is CCOP(=O)(/C=C/CNC(=O)OCc1ccccc1)OCC. The maximum atomic E-state index is 12.1. The monoisotopic (exact) mass is 327 g/mol. The smallest absolute Gasteiger partial charge is 0.407 e. The van der Waals surface area contributed by atoms with Crippen LogP contribution in [0.5, 0.6) is 0 Å². The summed E-state index contributed by atoms with van der Waals surface area (Å²) < 4.78 is 27.3. The van der Waals surface area contributed by atoms with Gasteiger partial charge in [0, 0.05) is 12.4 Å². The second-order valence-corrected chi connectivity index (χ2v) is 6.10. The molecular weight excluding hydrogens is 305 g/mol. The number of amides is 1. The van der Waals surface area contributed by atoms with E-state index in [0.717, 1.165) is 5.56 Å². The Labute approximate surface area is 131 Å². The van der Waals surface area contributed by atoms with E-state index in [9.17, 15) is 9.36 Å². The molecule has 0 saturated heterocycles. The maximum Gasteiger partial charge on any atom is 0.407 e. The minimum atomic E-state index is -3.22. The molecule has 0 spiro atoms. The molecule has 1 rings (SSSR count). The maximum absolute atomic E-state index is 12.1. The van der Waals surface area contributed by atoms with Gasteiger partial charge in [0.15, 0.2) is 0 Å². The number of rotatable bonds is 9. The Morgan fingerprint density at radius 3 is 2.41 bits per heavy atom. The van der Waals surface area contributed by atoms with Crippen molar-refractivity contribution in [2.24, 2.45) is 0 Å². The van der Waals surface area contributed by atoms with Gasteiger partial charge in [-0.15, -0.1) is 0 Å². The standard InChI is InChI=1S/C15H22NO5P/c1-3-20-22(18,21-4-2)12-8-11-16-15(17)19-13-14-9-6-5-7-10-14/h5-10,12H,3-4,11,13H2,1-2H3,(H,16,17)/b12-8+. The van der Waals surface area contributed by atoms with Crippen molar-refractivity contribution in [3.63, 3.8) is 0 Å². The molecule has 0 heterocycles. The summed E-state index contributed by atoms with van der Waals surface area (Å²) in [5.41, 5.74) is 0.908. The normalized spacial score (nSPS) is 11.5. The minimum absolute atomic E-state index is 0.178. The topological polar surface area (TPSA) is 73.9 Å². The van der Waals surface area contributed by atoms with Gasteiger partial charge in [0.1, 0.15) is 6.61 Å². The van der Waals surface area contributed by atoms with E-state index in [-0.39, 0.29) is 26.4 Å². The summed E-state index contributed by atoms with van der Waals surface area (Å²) in [7, 11) is -3.22. The van der Waals surface area contributed by atoms with Crippen LogP contribution >= 0.6 is 7.60 Å². The van der Waals surface area contributed by atoms with Crippen molar-refractivity contribution in [2.45, 2.75) is 20.5 Å². The van der Waals surface area contributed by atoms with Crippen LogP contribution in [0.25, 0.3) is 0 Å². The van der Waals surface area contributed by atoms with Crippen LogP contribution in [-0.4, -0.2) is 25.9 Å². The van der Waals surface area contributed by atoms with Gasteiger partial charge in [0.25, 0.3) is 0 Å². The van der Waals surface area contributed by atoms with Gasteiger partial charge in [-0.1, -0.05) is 36.4 Å². The van der Waals surface area contributed by atoms with Gasteiger partial charge >= 0.3 is 13.7 Å². The van der Waals surface area contributed by atoms with Crippen molar-refractivity contribution < 1.29 is 23.1 Å². The van der Waals surface area contributed by atoms with E-state index in [1.165, 1.54) is 11.9 Å². The molecule has 0 aliphatic carbocycles. The lowest BCUT2D eigenvalue weighted by molar-refractivity contribution is 0.140. The van der Waals surface area contributed by atoms with Crippen molar-refractivity contribution in [3.05, 3.63) is 47.8 Å². The summed E-state index contributed by atoms with van der Waals surface area (Å²) in [4.78, 5) is 11.5. The van der Waals surface area contributed by atoms with E-state index >= 15 is 0 Å². The quantitative estimate of drug-likeness (QED) is 0.700. The van der Waals surface area contributed by atoms with E-state index in [2.05, 4.69) is 5.32 Å². The zero-order valence-corrected chi connectivity index (χ0v) is 13.8. The Bertz CT molecular complexity index is 508. The van der Waals surface area contributed by atoms with Gasteiger partial charge in [-0.3, -0.25) is 4.57 Å². The van der Waals surface area contributed by atoms with Gasteiger partial charge in [-0.2, -0.15) is 0 Å². The highest BCUT2D eigenvalue weighted by Gasteiger charge is 2.18. The van der Waals surface area contributed by atoms with Crippen LogP contribution < -0.4 is 5.32 Å². The molecule has 0 fully saturated rings. The lowest BCUT2D eigenvalue weighted by atomic mass is 10.2. The highest BCUT2D eigenvalue weighted by molar-refractivity contribution is 7.57. The van der Waals surface area contributed by atoms with Crippen molar-refractivity contribution in [3.8, 4) is 0 Å². The molecule has 0 atom stereocenters. The predicted molar refractivity (Wildman–Crippen MR) is 84.6 cm³/mol. The molecule has 1 N–H and O–H groups in total. The number of hydrogen-bond donors (Lipinski definition) is 1. The van der Waals surface area contributed by atoms with Crippen molar-refractivity contribution in [1.82, 2.24) is 5.32 Å². The first-order chi connectivity index (χ1) is 10.6. The summed E-state index contributed by atoms with van der Waals surface area (Å²) in [5.74, 6) is 1.34. The molecule has 1 aromatic carbocycles. The van der Waals surface area contributed by atoms with Gasteiger partial charge in [0.05, 0.1) is 13.2 Å². The molecule has 6 nitrogen and oxygen atoms in total. The molecule has 22 heavy (non-hydrogen) atoms. The zero-order chi connectivity index (χ0) is 16.3. The molecule has 122 valence electrons. The van der Waals surface area contributed by atoms with Gasteiger partial charge < -0.3 is 19.1 Å². The Balaban J connectivity index is 2.31. The molecule has 0 radical (unpaired) electrons. The molecule has 7 heteroatoms. The Kier molecular flexibility index (Phi) is 8.51. The third-order valence-corrected chi connectivity index (χ3v) is 4.30. The summed E-state index contributed by atoms with van der Waals surface area (Å²) in [6, 6.07) is 9.38. The molecular formula is C15H22NO5P. The first-order valence-electron chi connectivity index (χ1n) is 7.10. The second kappa shape index (κ2) is 10.2. The summed E-state index contributed by atoms with van der Waals surface area (Å²) in [6.45, 7) is 4.42. The highest BCUT2D eigenvalue weighted by atomic mass is 31.2. The number of carbonyl (C=O) groups is 1. The van der Waals surface area contributed by atoms with Gasteiger partial charge in [-0.05, 0) is 19.4 Å². The average molecular weight is 327 g/mol. The summed E-state index contributed by atoms with van der Waals surface area (Å²) in [5, 5.41) is 2.53. The Morgan fingerprint density at radius 2 is 1.82 bits per heavy atom. The van der Waals surface area contributed by atoms with Crippen LogP contribution in [0.2, 0.25) is 0 Å². The fraction of sp³-hybridized carbons (Fsp3) is 0.400. The molecule has 0 saturated carbocycles. The number of benzene rings is 1. The zero-order valence-electron chi connectivity index (χ0n) is 12.9. The van der Waals surface area contributed by atoms with E-state index in [1.54, 1.807) is 13.8 Å². The van der Waals surface area contributed by atoms with Crippen LogP contribution in [0.3, 0.4) is 0 Å². The van der Waals surface area contributed by atoms with Crippen LogP contribution in [0.4, 0.5) is 4.79 Å². The molecule has 1 aromatic rings. The molecule has 0 bridgehead atoms. The van der Waals surface area contributed by atoms with Gasteiger partial charge in [-0.25, -0.2) is 4.79 Å². The largest absolute Gasteiger partial charge is 0.445 e. The molecule has 1 amide bonds. The molecule has 0 aromatic heterocycles. The summed E-state index contributed by atoms with van der Waals surface area (Å²) >= 11 is 0. The van der Waals surface area contributed by atoms with Gasteiger partial charge in [0.2, 0.25) is 0 Å². The highest BCUT2D eigenvalue weighted by Crippen LogP contribution is 2.49. The fourth-order valence-corrected chi connectivity index (χ4v) is 2.91. The second-order valence-electron chi connectivity index (χ2n) is 4.20.